The molecule has 1 saturated heterocycles. The highest BCUT2D eigenvalue weighted by Gasteiger charge is 2.20. The molecule has 1 aliphatic heterocycles. The first kappa shape index (κ1) is 29.2. The minimum absolute atomic E-state index is 0.131. The van der Waals surface area contributed by atoms with Gasteiger partial charge in [-0.1, -0.05) is 53.7 Å². The van der Waals surface area contributed by atoms with Crippen molar-refractivity contribution in [1.29, 1.82) is 0 Å². The summed E-state index contributed by atoms with van der Waals surface area (Å²) >= 11 is 0. The average molecular weight is 556 g/mol. The van der Waals surface area contributed by atoms with E-state index < -0.39 is 11.9 Å². The minimum atomic E-state index is -1.26. The highest BCUT2D eigenvalue weighted by atomic mass is 16.5. The van der Waals surface area contributed by atoms with E-state index >= 15 is 0 Å². The number of amides is 1. The number of hydrogen-bond acceptors (Lipinski definition) is 6. The molecule has 0 unspecified atom stereocenters. The monoisotopic (exact) mass is 555 g/mol. The van der Waals surface area contributed by atoms with Gasteiger partial charge in [0.25, 0.3) is 5.91 Å². The number of carbonyl (C=O) groups is 3. The van der Waals surface area contributed by atoms with E-state index in [1.165, 1.54) is 18.4 Å². The third-order valence-electron chi connectivity index (χ3n) is 6.95. The predicted octanol–water partition coefficient (Wildman–Crippen LogP) is 5.64. The van der Waals surface area contributed by atoms with Crippen molar-refractivity contribution in [2.45, 2.75) is 32.2 Å². The smallest absolute Gasteiger partial charge is 0.328 e. The third kappa shape index (κ3) is 9.15. The molecule has 0 atom stereocenters. The molecule has 0 radical (unpaired) electrons. The van der Waals surface area contributed by atoms with Gasteiger partial charge in [0.1, 0.15) is 0 Å². The van der Waals surface area contributed by atoms with E-state index in [1.54, 1.807) is 12.1 Å². The Kier molecular flexibility index (Phi) is 10.4. The Bertz CT molecular complexity index is 1460. The number of rotatable bonds is 9. The Morgan fingerprint density at radius 1 is 0.902 bits per heavy atom. The van der Waals surface area contributed by atoms with Crippen LogP contribution in [0.3, 0.4) is 0 Å². The number of hydrogen-bond donors (Lipinski definition) is 3. The first-order chi connectivity index (χ1) is 19.9. The summed E-state index contributed by atoms with van der Waals surface area (Å²) in [6.45, 7) is 3.36. The van der Waals surface area contributed by atoms with E-state index in [0.29, 0.717) is 29.0 Å². The zero-order valence-electron chi connectivity index (χ0n) is 22.6. The number of carboxylic acid groups (broad SMARTS) is 2. The van der Waals surface area contributed by atoms with E-state index in [1.807, 2.05) is 36.4 Å². The highest BCUT2D eigenvalue weighted by Crippen LogP contribution is 2.27. The van der Waals surface area contributed by atoms with Crippen LogP contribution in [0.2, 0.25) is 0 Å². The van der Waals surface area contributed by atoms with Gasteiger partial charge in [-0.05, 0) is 74.5 Å². The summed E-state index contributed by atoms with van der Waals surface area (Å²) in [5.41, 5.74) is 4.46. The zero-order valence-corrected chi connectivity index (χ0v) is 22.6. The Morgan fingerprint density at radius 3 is 2.17 bits per heavy atom. The summed E-state index contributed by atoms with van der Waals surface area (Å²) < 4.78 is 5.59. The van der Waals surface area contributed by atoms with Crippen molar-refractivity contribution in [1.82, 2.24) is 10.1 Å². The fourth-order valence-corrected chi connectivity index (χ4v) is 4.80. The summed E-state index contributed by atoms with van der Waals surface area (Å²) in [5.74, 6) is -1.92. The molecule has 1 aromatic heterocycles. The van der Waals surface area contributed by atoms with Crippen LogP contribution in [0.1, 0.15) is 40.9 Å². The molecule has 0 bridgehead atoms. The van der Waals surface area contributed by atoms with Crippen LogP contribution >= 0.6 is 0 Å². The molecule has 1 aliphatic rings. The molecule has 0 aliphatic carbocycles. The molecule has 9 heteroatoms. The number of piperidine rings is 1. The molecule has 5 rings (SSSR count). The minimum Gasteiger partial charge on any atom is -0.478 e. The van der Waals surface area contributed by atoms with Crippen molar-refractivity contribution in [3.05, 3.63) is 108 Å². The lowest BCUT2D eigenvalue weighted by molar-refractivity contribution is -0.134. The number of aliphatic carboxylic acids is 2. The lowest BCUT2D eigenvalue weighted by atomic mass is 9.91. The van der Waals surface area contributed by atoms with Crippen molar-refractivity contribution in [3.63, 3.8) is 0 Å². The average Bonchev–Trinajstić information content (AvgIpc) is 3.39. The molecule has 212 valence electrons. The number of carboxylic acids is 2. The fraction of sp³-hybridized carbons (Fsp3) is 0.250. The Labute approximate surface area is 238 Å². The summed E-state index contributed by atoms with van der Waals surface area (Å²) in [5, 5.41) is 23.9. The number of nitrogens with one attached hydrogen (secondary N) is 1. The summed E-state index contributed by atoms with van der Waals surface area (Å²) in [7, 11) is 0. The van der Waals surface area contributed by atoms with Crippen LogP contribution in [-0.4, -0.2) is 51.2 Å². The maximum atomic E-state index is 12.4. The van der Waals surface area contributed by atoms with Gasteiger partial charge in [0, 0.05) is 41.4 Å². The predicted molar refractivity (Wildman–Crippen MR) is 156 cm³/mol. The van der Waals surface area contributed by atoms with Gasteiger partial charge in [-0.25, -0.2) is 9.59 Å². The number of nitrogens with zero attached hydrogens (tertiary/aromatic N) is 2. The summed E-state index contributed by atoms with van der Waals surface area (Å²) in [6.07, 6.45) is 5.64. The highest BCUT2D eigenvalue weighted by molar-refractivity contribution is 6.05. The van der Waals surface area contributed by atoms with Crippen LogP contribution in [-0.2, 0) is 22.6 Å². The van der Waals surface area contributed by atoms with Gasteiger partial charge in [-0.3, -0.25) is 9.69 Å². The van der Waals surface area contributed by atoms with E-state index in [2.05, 4.69) is 45.7 Å². The maximum absolute atomic E-state index is 12.4. The SMILES string of the molecule is O=C(Nc1ccc2c(CCC3CCN(Cc4ccccc4)CC3)noc2c1)c1ccccc1.O=C(O)C=CC(=O)O. The van der Waals surface area contributed by atoms with Crippen LogP contribution in [0.25, 0.3) is 11.0 Å². The summed E-state index contributed by atoms with van der Waals surface area (Å²) in [6, 6.07) is 25.7. The van der Waals surface area contributed by atoms with Crippen LogP contribution in [0, 0.1) is 5.92 Å². The van der Waals surface area contributed by atoms with Gasteiger partial charge < -0.3 is 20.1 Å². The largest absolute Gasteiger partial charge is 0.478 e. The van der Waals surface area contributed by atoms with Crippen molar-refractivity contribution in [2.75, 3.05) is 18.4 Å². The number of likely N-dealkylation sites (tertiary alicyclic amines) is 1. The maximum Gasteiger partial charge on any atom is 0.328 e. The van der Waals surface area contributed by atoms with Gasteiger partial charge in [-0.2, -0.15) is 0 Å². The number of aryl methyl sites for hydroxylation is 1. The third-order valence-corrected chi connectivity index (χ3v) is 6.95. The van der Waals surface area contributed by atoms with E-state index in [0.717, 1.165) is 49.5 Å². The number of carbonyl (C=O) groups excluding carboxylic acids is 1. The van der Waals surface area contributed by atoms with Gasteiger partial charge >= 0.3 is 11.9 Å². The lowest BCUT2D eigenvalue weighted by Crippen LogP contribution is -2.33. The molecule has 3 aromatic carbocycles. The summed E-state index contributed by atoms with van der Waals surface area (Å²) in [4.78, 5) is 34.1. The van der Waals surface area contributed by atoms with E-state index in [-0.39, 0.29) is 5.91 Å². The molecule has 1 amide bonds. The molecule has 0 spiro atoms. The molecular formula is C32H33N3O6. The second-order valence-corrected chi connectivity index (χ2v) is 9.91. The Balaban J connectivity index is 0.000000426. The van der Waals surface area contributed by atoms with Gasteiger partial charge in [0.05, 0.1) is 5.69 Å². The molecule has 3 N–H and O–H groups in total. The molecule has 9 nitrogen and oxygen atoms in total. The van der Waals surface area contributed by atoms with Crippen molar-refractivity contribution in [3.8, 4) is 0 Å². The second kappa shape index (κ2) is 14.6. The Morgan fingerprint density at radius 2 is 1.54 bits per heavy atom. The quantitative estimate of drug-likeness (QED) is 0.226. The molecule has 41 heavy (non-hydrogen) atoms. The number of anilines is 1. The number of fused-ring (bicyclic) bond motifs is 1. The van der Waals surface area contributed by atoms with Crippen molar-refractivity contribution < 1.29 is 29.1 Å². The van der Waals surface area contributed by atoms with Crippen molar-refractivity contribution >= 4 is 34.5 Å². The molecule has 1 fully saturated rings. The number of aromatic nitrogens is 1. The first-order valence-corrected chi connectivity index (χ1v) is 13.5. The van der Waals surface area contributed by atoms with Crippen LogP contribution in [0.15, 0.2) is 95.5 Å². The van der Waals surface area contributed by atoms with Crippen molar-refractivity contribution in [2.24, 2.45) is 5.92 Å². The standard InChI is InChI=1S/C28H29N3O2.C4H4O4/c32-28(23-9-5-2-6-10-23)29-24-12-13-25-26(30-33-27(25)19-24)14-11-21-15-17-31(18-16-21)20-22-7-3-1-4-8-22;5-3(6)1-2-4(7)8/h1-10,12-13,19,21H,11,14-18,20H2,(H,29,32);1-2H,(H,5,6)(H,7,8). The zero-order chi connectivity index (χ0) is 29.0. The topological polar surface area (TPSA) is 133 Å². The number of benzene rings is 3. The van der Waals surface area contributed by atoms with Gasteiger partial charge in [0.15, 0.2) is 5.58 Å². The molecule has 2 heterocycles. The normalized spacial score (nSPS) is 14.0. The molecule has 0 saturated carbocycles. The van der Waals surface area contributed by atoms with E-state index in [9.17, 15) is 14.4 Å². The second-order valence-electron chi connectivity index (χ2n) is 9.91. The van der Waals surface area contributed by atoms with Crippen LogP contribution in [0.4, 0.5) is 5.69 Å². The first-order valence-electron chi connectivity index (χ1n) is 13.5. The molecular weight excluding hydrogens is 522 g/mol. The van der Waals surface area contributed by atoms with E-state index in [4.69, 9.17) is 14.7 Å². The fourth-order valence-electron chi connectivity index (χ4n) is 4.80. The van der Waals surface area contributed by atoms with Crippen LogP contribution < -0.4 is 5.32 Å². The van der Waals surface area contributed by atoms with Crippen LogP contribution in [0.5, 0.6) is 0 Å². The Hall–Kier alpha value is -4.76. The van der Waals surface area contributed by atoms with Gasteiger partial charge in [0.2, 0.25) is 0 Å². The molecule has 4 aromatic rings. The van der Waals surface area contributed by atoms with Gasteiger partial charge in [-0.15, -0.1) is 0 Å². The lowest BCUT2D eigenvalue weighted by Gasteiger charge is -2.31.